The zero-order valence-electron chi connectivity index (χ0n) is 10.9. The van der Waals surface area contributed by atoms with Crippen LogP contribution < -0.4 is 4.72 Å². The van der Waals surface area contributed by atoms with E-state index >= 15 is 0 Å². The number of nitrogens with zero attached hydrogens (tertiary/aromatic N) is 2. The fourth-order valence-electron chi connectivity index (χ4n) is 2.65. The number of carboxylic acid groups (broad SMARTS) is 1. The predicted octanol–water partition coefficient (Wildman–Crippen LogP) is 1.37. The van der Waals surface area contributed by atoms with Crippen molar-refractivity contribution in [2.24, 2.45) is 0 Å². The van der Waals surface area contributed by atoms with Crippen molar-refractivity contribution >= 4 is 38.8 Å². The van der Waals surface area contributed by atoms with Crippen molar-refractivity contribution in [3.63, 3.8) is 0 Å². The number of aliphatic carboxylic acids is 1. The average Bonchev–Trinajstić information content (AvgIpc) is 3.06. The lowest BCUT2D eigenvalue weighted by atomic mass is 10.0. The Morgan fingerprint density at radius 2 is 2.00 bits per heavy atom. The molecule has 112 valence electrons. The van der Waals surface area contributed by atoms with E-state index in [-0.39, 0.29) is 10.4 Å². The van der Waals surface area contributed by atoms with Crippen molar-refractivity contribution in [2.75, 3.05) is 0 Å². The summed E-state index contributed by atoms with van der Waals surface area (Å²) in [5.74, 6) is -1.13. The number of sulfonamides is 1. The van der Waals surface area contributed by atoms with Crippen LogP contribution in [0.4, 0.5) is 0 Å². The molecule has 1 aliphatic rings. The number of aromatic nitrogens is 2. The van der Waals surface area contributed by atoms with Crippen LogP contribution in [-0.4, -0.2) is 33.8 Å². The number of hydrogen-bond acceptors (Lipinski definition) is 6. The molecule has 21 heavy (non-hydrogen) atoms. The lowest BCUT2D eigenvalue weighted by Gasteiger charge is -2.24. The van der Waals surface area contributed by atoms with Crippen molar-refractivity contribution in [1.29, 1.82) is 0 Å². The molecule has 7 nitrogen and oxygen atoms in total. The van der Waals surface area contributed by atoms with Crippen LogP contribution in [0.15, 0.2) is 23.1 Å². The van der Waals surface area contributed by atoms with E-state index in [4.69, 9.17) is 0 Å². The molecule has 1 aliphatic carbocycles. The third-order valence-electron chi connectivity index (χ3n) is 3.73. The van der Waals surface area contributed by atoms with Gasteiger partial charge in [-0.25, -0.2) is 8.42 Å². The molecule has 2 N–H and O–H groups in total. The molecule has 0 bridgehead atoms. The van der Waals surface area contributed by atoms with E-state index in [2.05, 4.69) is 13.5 Å². The van der Waals surface area contributed by atoms with E-state index in [0.29, 0.717) is 31.2 Å². The SMILES string of the molecule is O=C(O)C1(NS(=O)(=O)c2cccc3nsnc23)CCCC1. The summed E-state index contributed by atoms with van der Waals surface area (Å²) in [6.07, 6.45) is 1.98. The highest BCUT2D eigenvalue weighted by molar-refractivity contribution is 7.89. The minimum atomic E-state index is -3.97. The molecule has 9 heteroatoms. The van der Waals surface area contributed by atoms with Gasteiger partial charge in [-0.05, 0) is 25.0 Å². The van der Waals surface area contributed by atoms with Gasteiger partial charge in [0.05, 0.1) is 11.7 Å². The van der Waals surface area contributed by atoms with E-state index in [1.54, 1.807) is 12.1 Å². The zero-order chi connectivity index (χ0) is 15.1. The third kappa shape index (κ3) is 2.41. The Bertz CT molecular complexity index is 794. The highest BCUT2D eigenvalue weighted by Gasteiger charge is 2.45. The summed E-state index contributed by atoms with van der Waals surface area (Å²) in [5.41, 5.74) is -0.656. The second kappa shape index (κ2) is 5.00. The summed E-state index contributed by atoms with van der Waals surface area (Å²) in [7, 11) is -3.97. The van der Waals surface area contributed by atoms with Crippen molar-refractivity contribution in [2.45, 2.75) is 36.1 Å². The van der Waals surface area contributed by atoms with Gasteiger partial charge in [0, 0.05) is 0 Å². The maximum Gasteiger partial charge on any atom is 0.324 e. The number of carboxylic acids is 1. The summed E-state index contributed by atoms with van der Waals surface area (Å²) in [6.45, 7) is 0. The van der Waals surface area contributed by atoms with Gasteiger partial charge >= 0.3 is 5.97 Å². The molecule has 1 fully saturated rings. The maximum atomic E-state index is 12.6. The second-order valence-corrected chi connectivity index (χ2v) is 7.27. The smallest absolute Gasteiger partial charge is 0.324 e. The quantitative estimate of drug-likeness (QED) is 0.877. The maximum absolute atomic E-state index is 12.6. The molecule has 0 unspecified atom stereocenters. The van der Waals surface area contributed by atoms with Gasteiger partial charge in [0.1, 0.15) is 21.5 Å². The summed E-state index contributed by atoms with van der Waals surface area (Å²) in [4.78, 5) is 11.5. The van der Waals surface area contributed by atoms with E-state index in [0.717, 1.165) is 11.7 Å². The number of nitrogens with one attached hydrogen (secondary N) is 1. The number of fused-ring (bicyclic) bond motifs is 1. The van der Waals surface area contributed by atoms with E-state index in [9.17, 15) is 18.3 Å². The fraction of sp³-hybridized carbons (Fsp3) is 0.417. The van der Waals surface area contributed by atoms with Crippen LogP contribution in [0.1, 0.15) is 25.7 Å². The van der Waals surface area contributed by atoms with Crippen LogP contribution in [-0.2, 0) is 14.8 Å². The standard InChI is InChI=1S/C12H13N3O4S2/c16-11(17)12(6-1-2-7-12)15-21(18,19)9-5-3-4-8-10(9)14-20-13-8/h3-5,15H,1-2,6-7H2,(H,16,17). The fourth-order valence-corrected chi connectivity index (χ4v) is 4.83. The van der Waals surface area contributed by atoms with Crippen molar-refractivity contribution in [1.82, 2.24) is 13.5 Å². The Labute approximate surface area is 125 Å². The minimum absolute atomic E-state index is 0.0266. The molecule has 2 aromatic rings. The van der Waals surface area contributed by atoms with Gasteiger partial charge < -0.3 is 5.11 Å². The molecular weight excluding hydrogens is 314 g/mol. The number of carbonyl (C=O) groups is 1. The monoisotopic (exact) mass is 327 g/mol. The van der Waals surface area contributed by atoms with Gasteiger partial charge in [0.2, 0.25) is 10.0 Å². The Hall–Kier alpha value is -1.58. The number of benzene rings is 1. The molecule has 1 heterocycles. The van der Waals surface area contributed by atoms with Crippen LogP contribution >= 0.6 is 11.7 Å². The van der Waals surface area contributed by atoms with E-state index in [1.165, 1.54) is 6.07 Å². The molecule has 0 atom stereocenters. The van der Waals surface area contributed by atoms with E-state index < -0.39 is 21.5 Å². The summed E-state index contributed by atoms with van der Waals surface area (Å²) >= 11 is 0.923. The molecule has 0 amide bonds. The van der Waals surface area contributed by atoms with E-state index in [1.807, 2.05) is 0 Å². The summed E-state index contributed by atoms with van der Waals surface area (Å²) < 4.78 is 35.5. The molecule has 1 saturated carbocycles. The van der Waals surface area contributed by atoms with Gasteiger partial charge in [-0.1, -0.05) is 18.9 Å². The van der Waals surface area contributed by atoms with Crippen molar-refractivity contribution < 1.29 is 18.3 Å². The predicted molar refractivity (Wildman–Crippen MR) is 76.6 cm³/mol. The lowest BCUT2D eigenvalue weighted by molar-refractivity contribution is -0.143. The largest absolute Gasteiger partial charge is 0.480 e. The van der Waals surface area contributed by atoms with Gasteiger partial charge in [0.15, 0.2) is 0 Å². The molecule has 0 aliphatic heterocycles. The van der Waals surface area contributed by atoms with Crippen LogP contribution in [0.25, 0.3) is 11.0 Å². The Morgan fingerprint density at radius 3 is 2.67 bits per heavy atom. The van der Waals surface area contributed by atoms with Crippen molar-refractivity contribution in [3.05, 3.63) is 18.2 Å². The molecule has 0 saturated heterocycles. The number of rotatable bonds is 4. The highest BCUT2D eigenvalue weighted by Crippen LogP contribution is 2.32. The van der Waals surface area contributed by atoms with Gasteiger partial charge in [0.25, 0.3) is 0 Å². The first-order valence-corrected chi connectivity index (χ1v) is 8.65. The first kappa shape index (κ1) is 14.4. The zero-order valence-corrected chi connectivity index (χ0v) is 12.6. The molecule has 1 aromatic carbocycles. The highest BCUT2D eigenvalue weighted by atomic mass is 32.2. The molecule has 3 rings (SSSR count). The normalized spacial score (nSPS) is 18.1. The van der Waals surface area contributed by atoms with Gasteiger partial charge in [-0.3, -0.25) is 4.79 Å². The van der Waals surface area contributed by atoms with Crippen LogP contribution in [0.2, 0.25) is 0 Å². The molecular formula is C12H13N3O4S2. The first-order chi connectivity index (χ1) is 9.95. The van der Waals surface area contributed by atoms with Gasteiger partial charge in [-0.15, -0.1) is 0 Å². The molecule has 1 aromatic heterocycles. The van der Waals surface area contributed by atoms with Crippen molar-refractivity contribution in [3.8, 4) is 0 Å². The Morgan fingerprint density at radius 1 is 1.29 bits per heavy atom. The van der Waals surface area contributed by atoms with Crippen LogP contribution in [0, 0.1) is 0 Å². The topological polar surface area (TPSA) is 109 Å². The first-order valence-electron chi connectivity index (χ1n) is 6.43. The summed E-state index contributed by atoms with van der Waals surface area (Å²) in [6, 6.07) is 4.65. The van der Waals surface area contributed by atoms with Crippen LogP contribution in [0.5, 0.6) is 0 Å². The molecule has 0 radical (unpaired) electrons. The second-order valence-electron chi connectivity index (χ2n) is 5.09. The lowest BCUT2D eigenvalue weighted by Crippen LogP contribution is -2.52. The van der Waals surface area contributed by atoms with Crippen LogP contribution in [0.3, 0.4) is 0 Å². The average molecular weight is 327 g/mol. The Balaban J connectivity index is 2.05. The third-order valence-corrected chi connectivity index (χ3v) is 5.85. The minimum Gasteiger partial charge on any atom is -0.480 e. The number of hydrogen-bond donors (Lipinski definition) is 2. The molecule has 0 spiro atoms. The summed E-state index contributed by atoms with van der Waals surface area (Å²) in [5, 5.41) is 9.39. The Kier molecular flexibility index (Phi) is 3.42. The van der Waals surface area contributed by atoms with Gasteiger partial charge in [-0.2, -0.15) is 13.5 Å².